The van der Waals surface area contributed by atoms with Gasteiger partial charge in [0.25, 0.3) is 0 Å². The summed E-state index contributed by atoms with van der Waals surface area (Å²) in [5.41, 5.74) is 0. The molecule has 0 aromatic heterocycles. The molecule has 0 unspecified atom stereocenters. The van der Waals surface area contributed by atoms with Crippen LogP contribution in [0.25, 0.3) is 0 Å². The average Bonchev–Trinajstić information content (AvgIpc) is 2.90. The Hall–Kier alpha value is -0.260. The molecule has 1 aliphatic rings. The monoisotopic (exact) mass is 278 g/mol. The van der Waals surface area contributed by atoms with Crippen LogP contribution in [0.1, 0.15) is 103 Å². The smallest absolute Gasteiger partial charge is 0.0353 e. The summed E-state index contributed by atoms with van der Waals surface area (Å²) >= 11 is 0. The quantitative estimate of drug-likeness (QED) is 0.245. The fourth-order valence-corrected chi connectivity index (χ4v) is 3.93. The van der Waals surface area contributed by atoms with E-state index in [2.05, 4.69) is 19.6 Å². The summed E-state index contributed by atoms with van der Waals surface area (Å²) < 4.78 is 0. The van der Waals surface area contributed by atoms with Gasteiger partial charge in [-0.05, 0) is 24.7 Å². The average molecular weight is 279 g/mol. The van der Waals surface area contributed by atoms with Crippen molar-refractivity contribution in [2.45, 2.75) is 103 Å². The van der Waals surface area contributed by atoms with Crippen LogP contribution in [-0.4, -0.2) is 0 Å². The Morgan fingerprint density at radius 1 is 0.800 bits per heavy atom. The van der Waals surface area contributed by atoms with Crippen molar-refractivity contribution < 1.29 is 0 Å². The van der Waals surface area contributed by atoms with E-state index in [1.165, 1.54) is 96.3 Å². The van der Waals surface area contributed by atoms with Gasteiger partial charge in [0.05, 0.1) is 0 Å². The van der Waals surface area contributed by atoms with Crippen molar-refractivity contribution in [3.8, 4) is 0 Å². The molecule has 0 bridgehead atoms. The van der Waals surface area contributed by atoms with Crippen LogP contribution in [0.3, 0.4) is 0 Å². The minimum absolute atomic E-state index is 1.08. The highest BCUT2D eigenvalue weighted by atomic mass is 14.3. The molecule has 2 atom stereocenters. The molecule has 0 nitrogen and oxygen atoms in total. The van der Waals surface area contributed by atoms with Gasteiger partial charge < -0.3 is 0 Å². The lowest BCUT2D eigenvalue weighted by atomic mass is 9.87. The lowest BCUT2D eigenvalue weighted by Gasteiger charge is -2.19. The van der Waals surface area contributed by atoms with Crippen LogP contribution in [-0.2, 0) is 0 Å². The lowest BCUT2D eigenvalue weighted by Crippen LogP contribution is -2.08. The van der Waals surface area contributed by atoms with Gasteiger partial charge in [0.15, 0.2) is 0 Å². The first kappa shape index (κ1) is 17.8. The summed E-state index contributed by atoms with van der Waals surface area (Å²) in [6.45, 7) is 6.11. The van der Waals surface area contributed by atoms with E-state index in [9.17, 15) is 0 Å². The minimum atomic E-state index is 1.08. The summed E-state index contributed by atoms with van der Waals surface area (Å²) in [6, 6.07) is 0. The Bertz CT molecular complexity index is 218. The van der Waals surface area contributed by atoms with Crippen LogP contribution < -0.4 is 0 Å². The molecule has 1 saturated carbocycles. The van der Waals surface area contributed by atoms with E-state index < -0.39 is 0 Å². The molecule has 0 radical (unpaired) electrons. The predicted octanol–water partition coefficient (Wildman–Crippen LogP) is 7.29. The molecule has 1 fully saturated rings. The third-order valence-corrected chi connectivity index (χ3v) is 5.23. The fourth-order valence-electron chi connectivity index (χ4n) is 3.93. The number of rotatable bonds is 13. The van der Waals surface area contributed by atoms with Crippen molar-refractivity contribution in [1.82, 2.24) is 0 Å². The van der Waals surface area contributed by atoms with Gasteiger partial charge in [0.1, 0.15) is 0 Å². The second kappa shape index (κ2) is 12.5. The normalized spacial score (nSPS) is 22.2. The van der Waals surface area contributed by atoms with E-state index in [1.807, 2.05) is 0 Å². The molecule has 0 spiro atoms. The van der Waals surface area contributed by atoms with Gasteiger partial charge in [-0.25, -0.2) is 0 Å². The fraction of sp³-hybridized carbons (Fsp3) is 0.900. The summed E-state index contributed by atoms with van der Waals surface area (Å²) in [4.78, 5) is 0. The van der Waals surface area contributed by atoms with E-state index in [1.54, 1.807) is 0 Å². The van der Waals surface area contributed by atoms with Gasteiger partial charge in [-0.15, -0.1) is 6.58 Å². The van der Waals surface area contributed by atoms with Crippen molar-refractivity contribution in [3.63, 3.8) is 0 Å². The molecule has 0 amide bonds. The number of hydrogen-bond donors (Lipinski definition) is 0. The Balaban J connectivity index is 2.00. The van der Waals surface area contributed by atoms with Crippen LogP contribution in [0.2, 0.25) is 0 Å². The van der Waals surface area contributed by atoms with E-state index in [-0.39, 0.29) is 0 Å². The lowest BCUT2D eigenvalue weighted by molar-refractivity contribution is 0.323. The van der Waals surface area contributed by atoms with Crippen molar-refractivity contribution in [1.29, 1.82) is 0 Å². The molecule has 118 valence electrons. The van der Waals surface area contributed by atoms with E-state index in [0.717, 1.165) is 11.8 Å². The zero-order chi connectivity index (χ0) is 14.5. The molecule has 0 aromatic carbocycles. The summed E-state index contributed by atoms with van der Waals surface area (Å²) in [5, 5.41) is 0. The van der Waals surface area contributed by atoms with Gasteiger partial charge in [-0.3, -0.25) is 0 Å². The van der Waals surface area contributed by atoms with E-state index in [4.69, 9.17) is 0 Å². The molecule has 0 saturated heterocycles. The van der Waals surface area contributed by atoms with Crippen LogP contribution in [0.4, 0.5) is 0 Å². The first-order valence-corrected chi connectivity index (χ1v) is 9.49. The van der Waals surface area contributed by atoms with Gasteiger partial charge >= 0.3 is 0 Å². The SMILES string of the molecule is C=CCCCCC[C@H]1CCC[C@@H]1CCCCCCCC. The minimum Gasteiger partial charge on any atom is -0.103 e. The maximum atomic E-state index is 3.81. The summed E-state index contributed by atoms with van der Waals surface area (Å²) in [7, 11) is 0. The van der Waals surface area contributed by atoms with Crippen molar-refractivity contribution in [3.05, 3.63) is 12.7 Å². The van der Waals surface area contributed by atoms with Crippen LogP contribution in [0.15, 0.2) is 12.7 Å². The number of hydrogen-bond acceptors (Lipinski definition) is 0. The standard InChI is InChI=1S/C20H38/c1-3-5-7-9-11-13-16-20-18-14-17-19(20)15-12-10-8-6-4-2/h4,19-20H,2-3,5-18H2,1H3/t19-,20-/m0/s1. The molecule has 1 aliphatic carbocycles. The van der Waals surface area contributed by atoms with Crippen LogP contribution in [0.5, 0.6) is 0 Å². The molecule has 0 heteroatoms. The number of allylic oxidation sites excluding steroid dienone is 1. The predicted molar refractivity (Wildman–Crippen MR) is 92.1 cm³/mol. The maximum Gasteiger partial charge on any atom is -0.0353 e. The largest absolute Gasteiger partial charge is 0.103 e. The molecule has 20 heavy (non-hydrogen) atoms. The second-order valence-corrected chi connectivity index (χ2v) is 6.93. The van der Waals surface area contributed by atoms with Gasteiger partial charge in [-0.2, -0.15) is 0 Å². The van der Waals surface area contributed by atoms with E-state index in [0.29, 0.717) is 0 Å². The van der Waals surface area contributed by atoms with Crippen LogP contribution >= 0.6 is 0 Å². The zero-order valence-corrected chi connectivity index (χ0v) is 14.0. The highest BCUT2D eigenvalue weighted by molar-refractivity contribution is 4.77. The molecular weight excluding hydrogens is 240 g/mol. The molecule has 0 heterocycles. The van der Waals surface area contributed by atoms with Gasteiger partial charge in [0.2, 0.25) is 0 Å². The summed E-state index contributed by atoms with van der Waals surface area (Å²) in [5.74, 6) is 2.16. The molecule has 1 rings (SSSR count). The van der Waals surface area contributed by atoms with Crippen molar-refractivity contribution in [2.24, 2.45) is 11.8 Å². The van der Waals surface area contributed by atoms with Crippen LogP contribution in [0, 0.1) is 11.8 Å². The first-order chi connectivity index (χ1) is 9.88. The highest BCUT2D eigenvalue weighted by Crippen LogP contribution is 2.38. The third kappa shape index (κ3) is 8.12. The highest BCUT2D eigenvalue weighted by Gasteiger charge is 2.25. The Labute approximate surface area is 128 Å². The number of unbranched alkanes of at least 4 members (excludes halogenated alkanes) is 8. The zero-order valence-electron chi connectivity index (χ0n) is 14.0. The van der Waals surface area contributed by atoms with Crippen molar-refractivity contribution >= 4 is 0 Å². The Morgan fingerprint density at radius 2 is 1.35 bits per heavy atom. The van der Waals surface area contributed by atoms with Crippen molar-refractivity contribution in [2.75, 3.05) is 0 Å². The topological polar surface area (TPSA) is 0 Å². The van der Waals surface area contributed by atoms with Gasteiger partial charge in [0, 0.05) is 0 Å². The first-order valence-electron chi connectivity index (χ1n) is 9.49. The van der Waals surface area contributed by atoms with Gasteiger partial charge in [-0.1, -0.05) is 96.5 Å². The maximum absolute atomic E-state index is 3.81. The Kier molecular flexibility index (Phi) is 11.1. The molecule has 0 aliphatic heterocycles. The molecule has 0 N–H and O–H groups in total. The third-order valence-electron chi connectivity index (χ3n) is 5.23. The second-order valence-electron chi connectivity index (χ2n) is 6.93. The van der Waals surface area contributed by atoms with E-state index >= 15 is 0 Å². The molecular formula is C20H38. The Morgan fingerprint density at radius 3 is 1.95 bits per heavy atom. The summed E-state index contributed by atoms with van der Waals surface area (Å²) in [6.07, 6.45) is 23.9. The molecule has 0 aromatic rings.